The number of aryl methyl sites for hydroxylation is 1. The molecule has 3 aromatic rings. The molecule has 0 aliphatic heterocycles. The van der Waals surface area contributed by atoms with Crippen LogP contribution in [0.15, 0.2) is 10.5 Å². The minimum atomic E-state index is -0.348. The Morgan fingerprint density at radius 1 is 1.20 bits per heavy atom. The molecule has 0 saturated carbocycles. The van der Waals surface area contributed by atoms with E-state index in [2.05, 4.69) is 27.8 Å². The SMILES string of the molecule is CCOC(=O)c1c(NC(=O)CSc2nnc(-c3csc4c3CCCC4)n2C)sc2c1CCC(C)C2. The summed E-state index contributed by atoms with van der Waals surface area (Å²) >= 11 is 4.69. The van der Waals surface area contributed by atoms with E-state index in [-0.39, 0.29) is 17.6 Å². The number of esters is 1. The number of carbonyl (C=O) groups is 2. The van der Waals surface area contributed by atoms with Gasteiger partial charge in [0.05, 0.1) is 17.9 Å². The van der Waals surface area contributed by atoms with Crippen molar-refractivity contribution in [3.63, 3.8) is 0 Å². The molecule has 0 aromatic carbocycles. The number of anilines is 1. The smallest absolute Gasteiger partial charge is 0.341 e. The second kappa shape index (κ2) is 10.4. The third-order valence-corrected chi connectivity index (χ3v) is 9.99. The minimum Gasteiger partial charge on any atom is -0.462 e. The van der Waals surface area contributed by atoms with Gasteiger partial charge in [-0.1, -0.05) is 18.7 Å². The fraction of sp³-hybridized carbons (Fsp3) is 0.520. The van der Waals surface area contributed by atoms with E-state index < -0.39 is 0 Å². The molecule has 35 heavy (non-hydrogen) atoms. The highest BCUT2D eigenvalue weighted by Crippen LogP contribution is 2.40. The first-order chi connectivity index (χ1) is 17.0. The standard InChI is InChI=1S/C25H30N4O3S3/c1-4-32-24(31)21-16-10-9-14(2)11-19(16)35-23(21)26-20(30)13-34-25-28-27-22(29(25)3)17-12-33-18-8-6-5-7-15(17)18/h12,14H,4-11,13H2,1-3H3,(H,26,30). The first-order valence-corrected chi connectivity index (χ1v) is 14.9. The highest BCUT2D eigenvalue weighted by molar-refractivity contribution is 7.99. The van der Waals surface area contributed by atoms with Gasteiger partial charge in [0.2, 0.25) is 5.91 Å². The van der Waals surface area contributed by atoms with Gasteiger partial charge in [-0.25, -0.2) is 4.79 Å². The average molecular weight is 531 g/mol. The number of carbonyl (C=O) groups excluding carboxylic acids is 2. The van der Waals surface area contributed by atoms with Gasteiger partial charge in [-0.2, -0.15) is 0 Å². The van der Waals surface area contributed by atoms with Crippen molar-refractivity contribution in [2.24, 2.45) is 13.0 Å². The Morgan fingerprint density at radius 2 is 2.03 bits per heavy atom. The number of amides is 1. The number of fused-ring (bicyclic) bond motifs is 2. The van der Waals surface area contributed by atoms with Gasteiger partial charge in [0.1, 0.15) is 5.00 Å². The Morgan fingerprint density at radius 3 is 2.86 bits per heavy atom. The van der Waals surface area contributed by atoms with Gasteiger partial charge in [0.25, 0.3) is 0 Å². The van der Waals surface area contributed by atoms with Gasteiger partial charge in [0, 0.05) is 27.7 Å². The summed E-state index contributed by atoms with van der Waals surface area (Å²) in [6.07, 6.45) is 7.55. The molecular formula is C25H30N4O3S3. The van der Waals surface area contributed by atoms with Gasteiger partial charge in [0.15, 0.2) is 11.0 Å². The fourth-order valence-electron chi connectivity index (χ4n) is 4.91. The van der Waals surface area contributed by atoms with Crippen molar-refractivity contribution >= 4 is 51.3 Å². The monoisotopic (exact) mass is 530 g/mol. The van der Waals surface area contributed by atoms with Crippen LogP contribution in [0.1, 0.15) is 64.3 Å². The Hall–Kier alpha value is -2.17. The molecular weight excluding hydrogens is 501 g/mol. The van der Waals surface area contributed by atoms with E-state index in [4.69, 9.17) is 4.74 Å². The van der Waals surface area contributed by atoms with Crippen LogP contribution < -0.4 is 5.32 Å². The topological polar surface area (TPSA) is 86.1 Å². The second-order valence-corrected chi connectivity index (χ2v) is 12.2. The van der Waals surface area contributed by atoms with Crippen LogP contribution in [0.3, 0.4) is 0 Å². The van der Waals surface area contributed by atoms with Crippen LogP contribution in [0.4, 0.5) is 5.00 Å². The molecule has 1 N–H and O–H groups in total. The minimum absolute atomic E-state index is 0.162. The zero-order valence-electron chi connectivity index (χ0n) is 20.3. The molecule has 1 unspecified atom stereocenters. The molecule has 186 valence electrons. The third kappa shape index (κ3) is 4.93. The number of nitrogens with zero attached hydrogens (tertiary/aromatic N) is 3. The normalized spacial score (nSPS) is 17.1. The summed E-state index contributed by atoms with van der Waals surface area (Å²) in [5, 5.41) is 15.3. The molecule has 0 radical (unpaired) electrons. The molecule has 2 aliphatic carbocycles. The maximum atomic E-state index is 12.9. The van der Waals surface area contributed by atoms with E-state index in [9.17, 15) is 9.59 Å². The lowest BCUT2D eigenvalue weighted by atomic mass is 9.88. The van der Waals surface area contributed by atoms with Gasteiger partial charge < -0.3 is 14.6 Å². The van der Waals surface area contributed by atoms with Crippen LogP contribution in [-0.2, 0) is 42.3 Å². The zero-order valence-corrected chi connectivity index (χ0v) is 22.8. The van der Waals surface area contributed by atoms with Crippen LogP contribution >= 0.6 is 34.4 Å². The Bertz CT molecular complexity index is 1260. The van der Waals surface area contributed by atoms with Gasteiger partial charge in [-0.15, -0.1) is 32.9 Å². The molecule has 7 nitrogen and oxygen atoms in total. The van der Waals surface area contributed by atoms with E-state index in [1.807, 2.05) is 23.0 Å². The third-order valence-electron chi connectivity index (χ3n) is 6.71. The van der Waals surface area contributed by atoms with E-state index >= 15 is 0 Å². The molecule has 1 atom stereocenters. The molecule has 3 heterocycles. The number of hydrogen-bond donors (Lipinski definition) is 1. The van der Waals surface area contributed by atoms with Crippen molar-refractivity contribution in [2.45, 2.75) is 63.9 Å². The number of thioether (sulfide) groups is 1. The summed E-state index contributed by atoms with van der Waals surface area (Å²) in [6.45, 7) is 4.34. The Kier molecular flexibility index (Phi) is 7.31. The summed E-state index contributed by atoms with van der Waals surface area (Å²) < 4.78 is 7.29. The molecule has 10 heteroatoms. The summed E-state index contributed by atoms with van der Waals surface area (Å²) in [5.74, 6) is 1.12. The first-order valence-electron chi connectivity index (χ1n) is 12.2. The first kappa shape index (κ1) is 24.5. The van der Waals surface area contributed by atoms with Crippen LogP contribution in [0, 0.1) is 5.92 Å². The maximum absolute atomic E-state index is 12.9. The lowest BCUT2D eigenvalue weighted by molar-refractivity contribution is -0.113. The van der Waals surface area contributed by atoms with Crippen molar-refractivity contribution < 1.29 is 14.3 Å². The predicted molar refractivity (Wildman–Crippen MR) is 142 cm³/mol. The molecule has 2 aliphatic rings. The molecule has 0 bridgehead atoms. The van der Waals surface area contributed by atoms with Gasteiger partial charge >= 0.3 is 5.97 Å². The Balaban J connectivity index is 1.29. The van der Waals surface area contributed by atoms with E-state index in [1.165, 1.54) is 56.8 Å². The van der Waals surface area contributed by atoms with Crippen molar-refractivity contribution in [2.75, 3.05) is 17.7 Å². The van der Waals surface area contributed by atoms with E-state index in [0.717, 1.165) is 43.5 Å². The number of thiophene rings is 2. The van der Waals surface area contributed by atoms with Crippen LogP contribution in [0.25, 0.3) is 11.4 Å². The summed E-state index contributed by atoms with van der Waals surface area (Å²) in [4.78, 5) is 28.3. The zero-order chi connectivity index (χ0) is 24.5. The van der Waals surface area contributed by atoms with Crippen LogP contribution in [0.5, 0.6) is 0 Å². The lowest BCUT2D eigenvalue weighted by Crippen LogP contribution is -2.18. The molecule has 5 rings (SSSR count). The fourth-order valence-corrected chi connectivity index (χ4v) is 8.16. The van der Waals surface area contributed by atoms with Crippen molar-refractivity contribution in [1.82, 2.24) is 14.8 Å². The van der Waals surface area contributed by atoms with E-state index in [0.29, 0.717) is 28.2 Å². The Labute approximate surface area is 217 Å². The molecule has 0 saturated heterocycles. The highest BCUT2D eigenvalue weighted by Gasteiger charge is 2.29. The summed E-state index contributed by atoms with van der Waals surface area (Å²) in [5.41, 5.74) is 4.17. The maximum Gasteiger partial charge on any atom is 0.341 e. The average Bonchev–Trinajstić information content (AvgIpc) is 3.52. The number of hydrogen-bond acceptors (Lipinski definition) is 8. The number of nitrogens with one attached hydrogen (secondary N) is 1. The highest BCUT2D eigenvalue weighted by atomic mass is 32.2. The summed E-state index contributed by atoms with van der Waals surface area (Å²) in [6, 6.07) is 0. The molecule has 0 spiro atoms. The van der Waals surface area contributed by atoms with Crippen molar-refractivity contribution in [3.8, 4) is 11.4 Å². The van der Waals surface area contributed by atoms with Gasteiger partial charge in [-0.05, 0) is 68.9 Å². The quantitative estimate of drug-likeness (QED) is 0.320. The van der Waals surface area contributed by atoms with Gasteiger partial charge in [-0.3, -0.25) is 4.79 Å². The second-order valence-electron chi connectivity index (χ2n) is 9.24. The molecule has 3 aromatic heterocycles. The number of ether oxygens (including phenoxy) is 1. The largest absolute Gasteiger partial charge is 0.462 e. The van der Waals surface area contributed by atoms with E-state index in [1.54, 1.807) is 6.92 Å². The summed E-state index contributed by atoms with van der Waals surface area (Å²) in [7, 11) is 1.95. The van der Waals surface area contributed by atoms with Crippen LogP contribution in [0.2, 0.25) is 0 Å². The van der Waals surface area contributed by atoms with Crippen molar-refractivity contribution in [3.05, 3.63) is 31.8 Å². The predicted octanol–water partition coefficient (Wildman–Crippen LogP) is 5.52. The van der Waals surface area contributed by atoms with Crippen LogP contribution in [-0.4, -0.2) is 39.0 Å². The number of aromatic nitrogens is 3. The molecule has 1 amide bonds. The number of rotatable bonds is 7. The molecule has 0 fully saturated rings. The van der Waals surface area contributed by atoms with Crippen molar-refractivity contribution in [1.29, 1.82) is 0 Å². The lowest BCUT2D eigenvalue weighted by Gasteiger charge is -2.18.